The monoisotopic (exact) mass is 626 g/mol. The largest absolute Gasteiger partial charge is 0.494 e. The molecular weight excluding hydrogens is 584 g/mol. The van der Waals surface area contributed by atoms with Gasteiger partial charge in [0.1, 0.15) is 18.7 Å². The van der Waals surface area contributed by atoms with Gasteiger partial charge in [-0.1, -0.05) is 5.92 Å². The van der Waals surface area contributed by atoms with E-state index in [1.54, 1.807) is 6.20 Å². The fraction of sp³-hybridized carbons (Fsp3) is 0.567. The number of Topliss-reactive ketones (excluding diaryl/α,β-unsaturated/α-hetero) is 1. The molecule has 1 aliphatic rings. The molecule has 15 nitrogen and oxygen atoms in total. The maximum Gasteiger partial charge on any atom is 0.291 e. The lowest BCUT2D eigenvalue weighted by atomic mass is 10.1. The first-order valence-electron chi connectivity index (χ1n) is 15.0. The summed E-state index contributed by atoms with van der Waals surface area (Å²) in [6, 6.07) is 0. The van der Waals surface area contributed by atoms with Crippen LogP contribution in [0, 0.1) is 12.3 Å². The molecule has 1 aliphatic heterocycles. The van der Waals surface area contributed by atoms with Crippen LogP contribution in [0.4, 0.5) is 0 Å². The predicted molar refractivity (Wildman–Crippen MR) is 165 cm³/mol. The van der Waals surface area contributed by atoms with Crippen LogP contribution in [0.1, 0.15) is 27.9 Å². The molecule has 1 fully saturated rings. The van der Waals surface area contributed by atoms with Gasteiger partial charge in [-0.05, 0) is 6.92 Å². The number of fused-ring (bicyclic) bond motifs is 1. The number of rotatable bonds is 20. The van der Waals surface area contributed by atoms with Crippen LogP contribution in [0.15, 0.2) is 18.7 Å². The summed E-state index contributed by atoms with van der Waals surface area (Å²) in [7, 11) is 1.52. The Kier molecular flexibility index (Phi) is 13.7. The Labute approximate surface area is 262 Å². The molecule has 3 aromatic heterocycles. The lowest BCUT2D eigenvalue weighted by Gasteiger charge is -2.34. The summed E-state index contributed by atoms with van der Waals surface area (Å²) in [6.45, 7) is 11.3. The lowest BCUT2D eigenvalue weighted by Crippen LogP contribution is -2.49. The Balaban J connectivity index is 1.08. The van der Waals surface area contributed by atoms with Gasteiger partial charge < -0.3 is 34.0 Å². The van der Waals surface area contributed by atoms with E-state index in [4.69, 9.17) is 30.1 Å². The van der Waals surface area contributed by atoms with Crippen LogP contribution >= 0.6 is 0 Å². The van der Waals surface area contributed by atoms with E-state index in [1.807, 2.05) is 0 Å². The van der Waals surface area contributed by atoms with Gasteiger partial charge in [0.05, 0.1) is 70.5 Å². The van der Waals surface area contributed by atoms with Gasteiger partial charge in [0.2, 0.25) is 5.82 Å². The molecule has 0 radical (unpaired) electrons. The summed E-state index contributed by atoms with van der Waals surface area (Å²) in [5, 5.41) is 7.82. The van der Waals surface area contributed by atoms with Gasteiger partial charge in [0.25, 0.3) is 5.91 Å². The Hall–Kier alpha value is -3.91. The van der Waals surface area contributed by atoms with E-state index in [2.05, 4.69) is 41.1 Å². The van der Waals surface area contributed by atoms with Crippen LogP contribution in [0.3, 0.4) is 0 Å². The summed E-state index contributed by atoms with van der Waals surface area (Å²) in [5.74, 6) is 2.83. The zero-order chi connectivity index (χ0) is 31.9. The minimum Gasteiger partial charge on any atom is -0.494 e. The standard InChI is InChI=1S/C30H42N8O7/c1-4-12-42-14-16-44-18-19-45-17-15-43-13-11-37-9-7-36(8-10-37)6-5-31-30(40)28-34-22-38(35-28)29-27-26(25(41-3)21-33-29)24(20-32-27)23(2)39/h1,20-22,32H,5-19H2,2-3H3,(H,31,40). The molecule has 2 N–H and O–H groups in total. The zero-order valence-corrected chi connectivity index (χ0v) is 26.0. The van der Waals surface area contributed by atoms with Crippen molar-refractivity contribution >= 4 is 22.6 Å². The number of carbonyl (C=O) groups excluding carboxylic acids is 2. The summed E-state index contributed by atoms with van der Waals surface area (Å²) in [4.78, 5) is 41.1. The molecule has 0 aliphatic carbocycles. The summed E-state index contributed by atoms with van der Waals surface area (Å²) in [5.41, 5.74) is 1.05. The van der Waals surface area contributed by atoms with Gasteiger partial charge in [-0.25, -0.2) is 9.97 Å². The molecule has 1 saturated heterocycles. The van der Waals surface area contributed by atoms with Crippen molar-refractivity contribution in [3.05, 3.63) is 30.1 Å². The molecule has 0 unspecified atom stereocenters. The zero-order valence-electron chi connectivity index (χ0n) is 26.0. The number of amides is 1. The first-order chi connectivity index (χ1) is 22.0. The lowest BCUT2D eigenvalue weighted by molar-refractivity contribution is -0.00255. The number of terminal acetylenes is 1. The fourth-order valence-corrected chi connectivity index (χ4v) is 4.81. The second-order valence-electron chi connectivity index (χ2n) is 10.2. The highest BCUT2D eigenvalue weighted by Gasteiger charge is 2.21. The van der Waals surface area contributed by atoms with Crippen molar-refractivity contribution in [1.29, 1.82) is 0 Å². The van der Waals surface area contributed by atoms with Crippen LogP contribution in [0.5, 0.6) is 5.75 Å². The number of hydrogen-bond donors (Lipinski definition) is 2. The molecule has 15 heteroatoms. The van der Waals surface area contributed by atoms with Crippen LogP contribution in [-0.2, 0) is 18.9 Å². The van der Waals surface area contributed by atoms with Gasteiger partial charge in [-0.15, -0.1) is 11.5 Å². The number of ketones is 1. The molecule has 3 aromatic rings. The first-order valence-corrected chi connectivity index (χ1v) is 15.0. The van der Waals surface area contributed by atoms with Crippen LogP contribution in [0.2, 0.25) is 0 Å². The molecule has 45 heavy (non-hydrogen) atoms. The van der Waals surface area contributed by atoms with Gasteiger partial charge in [-0.3, -0.25) is 19.4 Å². The minimum absolute atomic E-state index is 0.0322. The third-order valence-corrected chi connectivity index (χ3v) is 7.20. The van der Waals surface area contributed by atoms with Gasteiger partial charge >= 0.3 is 0 Å². The van der Waals surface area contributed by atoms with E-state index in [1.165, 1.54) is 31.2 Å². The maximum absolute atomic E-state index is 12.7. The molecule has 0 bridgehead atoms. The highest BCUT2D eigenvalue weighted by atomic mass is 16.6. The molecule has 4 rings (SSSR count). The number of ether oxygens (including phenoxy) is 5. The summed E-state index contributed by atoms with van der Waals surface area (Å²) in [6.07, 6.45) is 9.65. The number of nitrogens with one attached hydrogen (secondary N) is 2. The normalized spacial score (nSPS) is 14.1. The van der Waals surface area contributed by atoms with Gasteiger partial charge in [-0.2, -0.15) is 4.68 Å². The number of hydrogen-bond acceptors (Lipinski definition) is 12. The van der Waals surface area contributed by atoms with Crippen molar-refractivity contribution in [2.24, 2.45) is 0 Å². The predicted octanol–water partition coefficient (Wildman–Crippen LogP) is 0.402. The van der Waals surface area contributed by atoms with E-state index in [-0.39, 0.29) is 17.5 Å². The number of pyridine rings is 1. The molecule has 0 spiro atoms. The number of aromatic nitrogens is 5. The minimum atomic E-state index is -0.368. The fourth-order valence-electron chi connectivity index (χ4n) is 4.81. The molecule has 0 aromatic carbocycles. The van der Waals surface area contributed by atoms with Crippen molar-refractivity contribution in [2.45, 2.75) is 6.92 Å². The second-order valence-corrected chi connectivity index (χ2v) is 10.2. The number of H-pyrrole nitrogens is 1. The van der Waals surface area contributed by atoms with Crippen LogP contribution < -0.4 is 10.1 Å². The van der Waals surface area contributed by atoms with E-state index in [0.717, 1.165) is 39.3 Å². The Bertz CT molecular complexity index is 1410. The van der Waals surface area contributed by atoms with Crippen molar-refractivity contribution in [3.63, 3.8) is 0 Å². The average Bonchev–Trinajstić information content (AvgIpc) is 3.72. The van der Waals surface area contributed by atoms with E-state index in [0.29, 0.717) is 87.4 Å². The number of aromatic amines is 1. The van der Waals surface area contributed by atoms with Gasteiger partial charge in [0, 0.05) is 57.6 Å². The Morgan fingerprint density at radius 3 is 2.24 bits per heavy atom. The van der Waals surface area contributed by atoms with Crippen molar-refractivity contribution in [2.75, 3.05) is 106 Å². The first kappa shape index (κ1) is 34.0. The number of piperazine rings is 1. The third-order valence-electron chi connectivity index (χ3n) is 7.20. The molecule has 1 amide bonds. The topological polar surface area (TPSA) is 158 Å². The Morgan fingerprint density at radius 1 is 0.956 bits per heavy atom. The quantitative estimate of drug-likeness (QED) is 0.101. The molecule has 0 atom stereocenters. The SMILES string of the molecule is C#CCOCCOCCOCCOCCN1CCN(CCNC(=O)c2ncn(-c3ncc(OC)c4c(C(C)=O)c[nH]c34)n2)CC1. The van der Waals surface area contributed by atoms with E-state index >= 15 is 0 Å². The average molecular weight is 627 g/mol. The highest BCUT2D eigenvalue weighted by molar-refractivity contribution is 6.10. The van der Waals surface area contributed by atoms with Crippen LogP contribution in [0.25, 0.3) is 16.7 Å². The molecular formula is C30H42N8O7. The number of nitrogens with zero attached hydrogens (tertiary/aromatic N) is 6. The second kappa shape index (κ2) is 18.2. The molecule has 244 valence electrons. The molecule has 0 saturated carbocycles. The van der Waals surface area contributed by atoms with Crippen molar-refractivity contribution in [3.8, 4) is 23.9 Å². The van der Waals surface area contributed by atoms with E-state index in [9.17, 15) is 9.59 Å². The maximum atomic E-state index is 12.7. The highest BCUT2D eigenvalue weighted by Crippen LogP contribution is 2.31. The summed E-state index contributed by atoms with van der Waals surface area (Å²) < 4.78 is 28.5. The summed E-state index contributed by atoms with van der Waals surface area (Å²) >= 11 is 0. The smallest absolute Gasteiger partial charge is 0.291 e. The van der Waals surface area contributed by atoms with Crippen LogP contribution in [-0.4, -0.2) is 152 Å². The third kappa shape index (κ3) is 10.0. The Morgan fingerprint density at radius 2 is 1.60 bits per heavy atom. The van der Waals surface area contributed by atoms with Crippen molar-refractivity contribution < 1.29 is 33.3 Å². The van der Waals surface area contributed by atoms with Crippen molar-refractivity contribution in [1.82, 2.24) is 39.8 Å². The number of methoxy groups -OCH3 is 1. The number of carbonyl (C=O) groups is 2. The molecule has 4 heterocycles. The van der Waals surface area contributed by atoms with Gasteiger partial charge in [0.15, 0.2) is 11.6 Å². The van der Waals surface area contributed by atoms with E-state index < -0.39 is 0 Å².